The molecule has 27 heavy (non-hydrogen) atoms. The molecule has 0 bridgehead atoms. The third-order valence-corrected chi connectivity index (χ3v) is 3.16. The van der Waals surface area contributed by atoms with Gasteiger partial charge in [-0.15, -0.1) is 0 Å². The molecule has 0 saturated carbocycles. The van der Waals surface area contributed by atoms with E-state index in [2.05, 4.69) is 15.0 Å². The number of benzene rings is 1. The van der Waals surface area contributed by atoms with Crippen LogP contribution >= 0.6 is 0 Å². The monoisotopic (exact) mass is 381 g/mol. The van der Waals surface area contributed by atoms with Gasteiger partial charge in [0, 0.05) is 19.8 Å². The van der Waals surface area contributed by atoms with Crippen molar-refractivity contribution in [2.24, 2.45) is 13.0 Å². The van der Waals surface area contributed by atoms with Crippen molar-refractivity contribution in [3.05, 3.63) is 54.4 Å². The van der Waals surface area contributed by atoms with E-state index in [9.17, 15) is 9.18 Å². The van der Waals surface area contributed by atoms with Crippen LogP contribution in [0.4, 0.5) is 4.39 Å². The summed E-state index contributed by atoms with van der Waals surface area (Å²) >= 11 is 0. The average Bonchev–Trinajstić information content (AvgIpc) is 3.38. The number of ether oxygens (including phenoxy) is 1. The number of aryl methyl sites for hydroxylation is 2. The van der Waals surface area contributed by atoms with Crippen molar-refractivity contribution in [2.75, 3.05) is 20.2 Å². The number of halogens is 1. The van der Waals surface area contributed by atoms with Crippen LogP contribution in [-0.2, 0) is 26.2 Å². The second kappa shape index (κ2) is 17.9. The summed E-state index contributed by atoms with van der Waals surface area (Å²) in [6.45, 7) is 7.70. The highest BCUT2D eigenvalue weighted by Crippen LogP contribution is 2.07. The van der Waals surface area contributed by atoms with Gasteiger partial charge in [0.1, 0.15) is 19.4 Å². The first-order valence-corrected chi connectivity index (χ1v) is 8.04. The zero-order chi connectivity index (χ0) is 21.1. The zero-order valence-electron chi connectivity index (χ0n) is 16.1. The van der Waals surface area contributed by atoms with E-state index in [1.165, 1.54) is 19.2 Å². The molecule has 7 nitrogen and oxygen atoms in total. The quantitative estimate of drug-likeness (QED) is 0.760. The van der Waals surface area contributed by atoms with Gasteiger partial charge in [-0.25, -0.2) is 9.37 Å². The molecule has 1 N–H and O–H groups in total. The first kappa shape index (κ1) is 26.4. The molecule has 1 atom stereocenters. The predicted molar refractivity (Wildman–Crippen MR) is 102 cm³/mol. The summed E-state index contributed by atoms with van der Waals surface area (Å²) in [7, 11) is 3.39. The summed E-state index contributed by atoms with van der Waals surface area (Å²) in [6.07, 6.45) is 4.68. The Morgan fingerprint density at radius 2 is 1.85 bits per heavy atom. The van der Waals surface area contributed by atoms with Crippen molar-refractivity contribution < 1.29 is 23.5 Å². The van der Waals surface area contributed by atoms with Gasteiger partial charge in [0.25, 0.3) is 0 Å². The van der Waals surface area contributed by atoms with Crippen LogP contribution in [0, 0.1) is 18.7 Å². The number of esters is 1. The van der Waals surface area contributed by atoms with Gasteiger partial charge in [-0.3, -0.25) is 4.79 Å². The SMILES string of the molecule is C=O.C=O.COC(=O)C1CCNC1.Cc1cn(C)cn1.Fc1ccccc1. The van der Waals surface area contributed by atoms with E-state index in [-0.39, 0.29) is 17.7 Å². The van der Waals surface area contributed by atoms with E-state index in [0.29, 0.717) is 0 Å². The number of hydrogen-bond donors (Lipinski definition) is 1. The third-order valence-electron chi connectivity index (χ3n) is 3.16. The third kappa shape index (κ3) is 14.0. The van der Waals surface area contributed by atoms with Crippen LogP contribution in [0.1, 0.15) is 12.1 Å². The highest BCUT2D eigenvalue weighted by molar-refractivity contribution is 5.72. The summed E-state index contributed by atoms with van der Waals surface area (Å²) in [4.78, 5) is 30.7. The number of nitrogens with zero attached hydrogens (tertiary/aromatic N) is 2. The molecule has 1 aromatic heterocycles. The van der Waals surface area contributed by atoms with Crippen molar-refractivity contribution in [2.45, 2.75) is 13.3 Å². The predicted octanol–water partition coefficient (Wildman–Crippen LogP) is 1.95. The van der Waals surface area contributed by atoms with Gasteiger partial charge in [-0.05, 0) is 32.0 Å². The molecule has 3 rings (SSSR count). The van der Waals surface area contributed by atoms with Crippen molar-refractivity contribution in [3.63, 3.8) is 0 Å². The maximum atomic E-state index is 11.9. The van der Waals surface area contributed by atoms with E-state index < -0.39 is 0 Å². The summed E-state index contributed by atoms with van der Waals surface area (Å²) in [6, 6.07) is 7.94. The molecule has 0 spiro atoms. The van der Waals surface area contributed by atoms with Crippen LogP contribution in [0.3, 0.4) is 0 Å². The number of hydrogen-bond acceptors (Lipinski definition) is 6. The first-order valence-electron chi connectivity index (χ1n) is 8.04. The minimum atomic E-state index is -0.178. The lowest BCUT2D eigenvalue weighted by Crippen LogP contribution is -2.18. The normalized spacial score (nSPS) is 13.7. The summed E-state index contributed by atoms with van der Waals surface area (Å²) in [5, 5.41) is 3.09. The largest absolute Gasteiger partial charge is 0.469 e. The highest BCUT2D eigenvalue weighted by Gasteiger charge is 2.22. The fraction of sp³-hybridized carbons (Fsp3) is 0.368. The molecule has 1 saturated heterocycles. The maximum absolute atomic E-state index is 11.9. The molecule has 2 aromatic rings. The first-order chi connectivity index (χ1) is 13.0. The second-order valence-corrected chi connectivity index (χ2v) is 5.19. The van der Waals surface area contributed by atoms with Crippen LogP contribution in [0.5, 0.6) is 0 Å². The Morgan fingerprint density at radius 3 is 2.11 bits per heavy atom. The number of nitrogens with one attached hydrogen (secondary N) is 1. The molecule has 0 aliphatic carbocycles. The molecule has 0 radical (unpaired) electrons. The molecule has 2 heterocycles. The molecule has 1 unspecified atom stereocenters. The lowest BCUT2D eigenvalue weighted by Gasteiger charge is -2.02. The molecule has 1 aliphatic rings. The molecular formula is C19H28FN3O4. The van der Waals surface area contributed by atoms with Crippen LogP contribution in [-0.4, -0.2) is 49.3 Å². The molecule has 0 amide bonds. The highest BCUT2D eigenvalue weighted by atomic mass is 19.1. The Kier molecular flexibility index (Phi) is 17.5. The van der Waals surface area contributed by atoms with Crippen LogP contribution in [0.15, 0.2) is 42.9 Å². The van der Waals surface area contributed by atoms with E-state index in [1.54, 1.807) is 24.5 Å². The number of aromatic nitrogens is 2. The molecule has 1 aliphatic heterocycles. The summed E-state index contributed by atoms with van der Waals surface area (Å²) < 4.78 is 18.4. The van der Waals surface area contributed by atoms with Crippen LogP contribution < -0.4 is 5.32 Å². The van der Waals surface area contributed by atoms with Gasteiger partial charge in [-0.2, -0.15) is 0 Å². The molecule has 1 fully saturated rings. The van der Waals surface area contributed by atoms with E-state index in [4.69, 9.17) is 9.59 Å². The van der Waals surface area contributed by atoms with Gasteiger partial charge in [-0.1, -0.05) is 18.2 Å². The minimum Gasteiger partial charge on any atom is -0.469 e. The standard InChI is InChI=1S/C6H5F.C6H11NO2.C5H8N2.2CH2O/c7-6-4-2-1-3-5-6;1-9-6(8)5-2-3-7-4-5;1-5-3-7(2)4-6-5;2*1-2/h1-5H;5,7H,2-4H2,1H3;3-4H,1-2H3;2*1H2. The fourth-order valence-electron chi connectivity index (χ4n) is 1.98. The van der Waals surface area contributed by atoms with Gasteiger partial charge in [0.05, 0.1) is 25.0 Å². The number of imidazole rings is 1. The van der Waals surface area contributed by atoms with Crippen molar-refractivity contribution in [1.82, 2.24) is 14.9 Å². The lowest BCUT2D eigenvalue weighted by molar-refractivity contribution is -0.144. The maximum Gasteiger partial charge on any atom is 0.309 e. The van der Waals surface area contributed by atoms with Crippen molar-refractivity contribution in [3.8, 4) is 0 Å². The molecule has 150 valence electrons. The van der Waals surface area contributed by atoms with Gasteiger partial charge in [0.2, 0.25) is 0 Å². The number of carbonyl (C=O) groups excluding carboxylic acids is 3. The zero-order valence-corrected chi connectivity index (χ0v) is 16.1. The Labute approximate surface area is 159 Å². The molecule has 8 heteroatoms. The smallest absolute Gasteiger partial charge is 0.309 e. The van der Waals surface area contributed by atoms with E-state index in [1.807, 2.05) is 38.3 Å². The molecular weight excluding hydrogens is 353 g/mol. The summed E-state index contributed by atoms with van der Waals surface area (Å²) in [5.74, 6) is -0.155. The van der Waals surface area contributed by atoms with Crippen LogP contribution in [0.2, 0.25) is 0 Å². The Morgan fingerprint density at radius 1 is 1.26 bits per heavy atom. The van der Waals surface area contributed by atoms with Gasteiger partial charge >= 0.3 is 5.97 Å². The Balaban J connectivity index is 0. The van der Waals surface area contributed by atoms with Crippen molar-refractivity contribution >= 4 is 19.5 Å². The lowest BCUT2D eigenvalue weighted by atomic mass is 10.1. The average molecular weight is 381 g/mol. The van der Waals surface area contributed by atoms with Crippen molar-refractivity contribution in [1.29, 1.82) is 0 Å². The van der Waals surface area contributed by atoms with Gasteiger partial charge in [0.15, 0.2) is 0 Å². The Hall–Kier alpha value is -2.87. The number of carbonyl (C=O) groups is 3. The Bertz CT molecular complexity index is 584. The minimum absolute atomic E-state index is 0.0833. The topological polar surface area (TPSA) is 90.3 Å². The summed E-state index contributed by atoms with van der Waals surface area (Å²) in [5.41, 5.74) is 1.07. The number of rotatable bonds is 1. The molecule has 1 aromatic carbocycles. The second-order valence-electron chi connectivity index (χ2n) is 5.19. The van der Waals surface area contributed by atoms with E-state index in [0.717, 1.165) is 25.2 Å². The van der Waals surface area contributed by atoms with E-state index >= 15 is 0 Å². The van der Waals surface area contributed by atoms with Crippen LogP contribution in [0.25, 0.3) is 0 Å². The number of methoxy groups -OCH3 is 1. The van der Waals surface area contributed by atoms with Gasteiger partial charge < -0.3 is 24.2 Å². The fourth-order valence-corrected chi connectivity index (χ4v) is 1.98.